The van der Waals surface area contributed by atoms with E-state index in [-0.39, 0.29) is 17.7 Å². The van der Waals surface area contributed by atoms with E-state index in [1.54, 1.807) is 0 Å². The molecule has 2 saturated heterocycles. The first kappa shape index (κ1) is 16.3. The molecule has 1 unspecified atom stereocenters. The van der Waals surface area contributed by atoms with Gasteiger partial charge in [-0.15, -0.1) is 0 Å². The lowest BCUT2D eigenvalue weighted by atomic mass is 9.92. The fraction of sp³-hybridized carbons (Fsp3) is 0.526. The van der Waals surface area contributed by atoms with E-state index in [1.807, 2.05) is 38.1 Å². The number of hydrogen-bond donors (Lipinski definition) is 0. The largest absolute Gasteiger partial charge is 0.440 e. The zero-order valence-corrected chi connectivity index (χ0v) is 14.7. The summed E-state index contributed by atoms with van der Waals surface area (Å²) in [5.74, 6) is 0.813. The van der Waals surface area contributed by atoms with Crippen LogP contribution in [-0.2, 0) is 9.59 Å². The Labute approximate surface area is 146 Å². The highest BCUT2D eigenvalue weighted by Gasteiger charge is 2.45. The summed E-state index contributed by atoms with van der Waals surface area (Å²) < 4.78 is 5.92. The van der Waals surface area contributed by atoms with Gasteiger partial charge in [-0.3, -0.25) is 19.4 Å². The molecule has 2 aliphatic rings. The summed E-state index contributed by atoms with van der Waals surface area (Å²) in [6, 6.07) is 7.77. The molecule has 2 aromatic rings. The Hall–Kier alpha value is -2.21. The van der Waals surface area contributed by atoms with Crippen molar-refractivity contribution in [2.75, 3.05) is 19.8 Å². The molecule has 132 valence electrons. The first-order chi connectivity index (χ1) is 11.9. The topological polar surface area (TPSA) is 66.7 Å². The predicted molar refractivity (Wildman–Crippen MR) is 92.7 cm³/mol. The van der Waals surface area contributed by atoms with E-state index in [2.05, 4.69) is 9.88 Å². The maximum atomic E-state index is 12.4. The maximum absolute atomic E-state index is 12.4. The van der Waals surface area contributed by atoms with Crippen molar-refractivity contribution < 1.29 is 14.0 Å². The number of hydrogen-bond acceptors (Lipinski definition) is 5. The van der Waals surface area contributed by atoms with Crippen LogP contribution in [0.4, 0.5) is 0 Å². The Bertz CT molecular complexity index is 793. The van der Waals surface area contributed by atoms with Crippen molar-refractivity contribution >= 4 is 22.9 Å². The molecule has 0 N–H and O–H groups in total. The van der Waals surface area contributed by atoms with Crippen LogP contribution >= 0.6 is 0 Å². The van der Waals surface area contributed by atoms with Crippen LogP contribution in [0.15, 0.2) is 28.7 Å². The third-order valence-electron chi connectivity index (χ3n) is 5.22. The van der Waals surface area contributed by atoms with E-state index in [4.69, 9.17) is 4.42 Å². The minimum Gasteiger partial charge on any atom is -0.440 e. The molecule has 0 aliphatic carbocycles. The molecule has 6 nitrogen and oxygen atoms in total. The van der Waals surface area contributed by atoms with Gasteiger partial charge in [-0.05, 0) is 31.5 Å². The zero-order chi connectivity index (χ0) is 17.6. The highest BCUT2D eigenvalue weighted by molar-refractivity contribution is 6.05. The summed E-state index contributed by atoms with van der Waals surface area (Å²) in [4.78, 5) is 32.8. The van der Waals surface area contributed by atoms with Gasteiger partial charge in [0.15, 0.2) is 11.5 Å². The second-order valence-electron chi connectivity index (χ2n) is 7.76. The van der Waals surface area contributed by atoms with Crippen LogP contribution in [0.25, 0.3) is 11.1 Å². The molecule has 2 aliphatic heterocycles. The van der Waals surface area contributed by atoms with Gasteiger partial charge in [0, 0.05) is 18.9 Å². The van der Waals surface area contributed by atoms with Gasteiger partial charge in [-0.1, -0.05) is 26.0 Å². The summed E-state index contributed by atoms with van der Waals surface area (Å²) in [6.07, 6.45) is 2.31. The molecule has 0 saturated carbocycles. The van der Waals surface area contributed by atoms with Crippen LogP contribution in [-0.4, -0.2) is 46.4 Å². The van der Waals surface area contributed by atoms with Crippen LogP contribution < -0.4 is 0 Å². The van der Waals surface area contributed by atoms with E-state index in [1.165, 1.54) is 4.90 Å². The highest BCUT2D eigenvalue weighted by atomic mass is 16.3. The maximum Gasteiger partial charge on any atom is 0.236 e. The summed E-state index contributed by atoms with van der Waals surface area (Å²) in [6.45, 7) is 5.69. The number of piperidine rings is 1. The number of nitrogens with zero attached hydrogens (tertiary/aromatic N) is 3. The summed E-state index contributed by atoms with van der Waals surface area (Å²) in [7, 11) is 0. The second-order valence-corrected chi connectivity index (χ2v) is 7.76. The Balaban J connectivity index is 1.48. The molecule has 2 fully saturated rings. The van der Waals surface area contributed by atoms with Crippen LogP contribution in [0, 0.1) is 5.41 Å². The molecule has 1 atom stereocenters. The normalized spacial score (nSPS) is 24.4. The molecule has 1 aromatic heterocycles. The van der Waals surface area contributed by atoms with Crippen molar-refractivity contribution in [3.8, 4) is 0 Å². The van der Waals surface area contributed by atoms with Crippen LogP contribution in [0.5, 0.6) is 0 Å². The van der Waals surface area contributed by atoms with Crippen molar-refractivity contribution in [1.29, 1.82) is 0 Å². The van der Waals surface area contributed by atoms with E-state index in [0.717, 1.165) is 42.9 Å². The molecule has 1 aromatic carbocycles. The number of carbonyl (C=O) groups is 2. The van der Waals surface area contributed by atoms with Crippen molar-refractivity contribution in [2.45, 2.75) is 39.0 Å². The summed E-state index contributed by atoms with van der Waals surface area (Å²) in [5.41, 5.74) is 1.11. The number of benzene rings is 1. The monoisotopic (exact) mass is 341 g/mol. The fourth-order valence-corrected chi connectivity index (χ4v) is 3.82. The van der Waals surface area contributed by atoms with Gasteiger partial charge in [0.05, 0.1) is 12.1 Å². The molecule has 25 heavy (non-hydrogen) atoms. The Kier molecular flexibility index (Phi) is 3.87. The van der Waals surface area contributed by atoms with Crippen molar-refractivity contribution in [2.24, 2.45) is 5.41 Å². The number of rotatable bonds is 3. The van der Waals surface area contributed by atoms with E-state index in [9.17, 15) is 9.59 Å². The van der Waals surface area contributed by atoms with Crippen LogP contribution in [0.2, 0.25) is 0 Å². The zero-order valence-electron chi connectivity index (χ0n) is 14.7. The smallest absolute Gasteiger partial charge is 0.236 e. The lowest BCUT2D eigenvalue weighted by Gasteiger charge is -2.33. The van der Waals surface area contributed by atoms with Crippen molar-refractivity contribution in [1.82, 2.24) is 14.8 Å². The average Bonchev–Trinajstić information content (AvgIpc) is 3.10. The first-order valence-electron chi connectivity index (χ1n) is 8.87. The van der Waals surface area contributed by atoms with E-state index >= 15 is 0 Å². The number of imide groups is 1. The first-order valence-corrected chi connectivity index (χ1v) is 8.87. The molecule has 2 amide bonds. The number of oxazole rings is 1. The SMILES string of the molecule is CC1(C)CC(=O)N(CN2CCCC(c3nc4ccccc4o3)C2)C1=O. The van der Waals surface area contributed by atoms with E-state index in [0.29, 0.717) is 13.1 Å². The molecular formula is C19H23N3O3. The standard InChI is InChI=1S/C19H23N3O3/c1-19(2)10-16(23)22(18(19)24)12-21-9-5-6-13(11-21)17-20-14-7-3-4-8-15(14)25-17/h3-4,7-8,13H,5-6,9-12H2,1-2H3. The number of aromatic nitrogens is 1. The van der Waals surface area contributed by atoms with Gasteiger partial charge in [0.1, 0.15) is 5.52 Å². The van der Waals surface area contributed by atoms with Gasteiger partial charge < -0.3 is 4.42 Å². The molecule has 0 radical (unpaired) electrons. The minimum absolute atomic E-state index is 0.0681. The lowest BCUT2D eigenvalue weighted by Crippen LogP contribution is -2.45. The van der Waals surface area contributed by atoms with Crippen LogP contribution in [0.3, 0.4) is 0 Å². The molecule has 3 heterocycles. The Morgan fingerprint density at radius 3 is 2.80 bits per heavy atom. The quantitative estimate of drug-likeness (QED) is 0.803. The van der Waals surface area contributed by atoms with Gasteiger partial charge in [0.2, 0.25) is 11.8 Å². The lowest BCUT2D eigenvalue weighted by molar-refractivity contribution is -0.143. The summed E-state index contributed by atoms with van der Waals surface area (Å²) >= 11 is 0. The summed E-state index contributed by atoms with van der Waals surface area (Å²) in [5, 5.41) is 0. The van der Waals surface area contributed by atoms with E-state index < -0.39 is 5.41 Å². The Morgan fingerprint density at radius 2 is 2.08 bits per heavy atom. The number of para-hydroxylation sites is 2. The number of amides is 2. The molecule has 0 spiro atoms. The van der Waals surface area contributed by atoms with Crippen molar-refractivity contribution in [3.63, 3.8) is 0 Å². The number of likely N-dealkylation sites (tertiary alicyclic amines) is 2. The highest BCUT2D eigenvalue weighted by Crippen LogP contribution is 2.33. The van der Waals surface area contributed by atoms with Gasteiger partial charge in [-0.2, -0.15) is 0 Å². The minimum atomic E-state index is -0.577. The number of fused-ring (bicyclic) bond motifs is 1. The predicted octanol–water partition coefficient (Wildman–Crippen LogP) is 2.75. The molecular weight excluding hydrogens is 318 g/mol. The third kappa shape index (κ3) is 2.95. The molecule has 6 heteroatoms. The van der Waals surface area contributed by atoms with Gasteiger partial charge >= 0.3 is 0 Å². The Morgan fingerprint density at radius 1 is 1.28 bits per heavy atom. The van der Waals surface area contributed by atoms with Crippen molar-refractivity contribution in [3.05, 3.63) is 30.2 Å². The third-order valence-corrected chi connectivity index (χ3v) is 5.22. The number of carbonyl (C=O) groups excluding carboxylic acids is 2. The van der Waals surface area contributed by atoms with Crippen LogP contribution in [0.1, 0.15) is 44.9 Å². The second kappa shape index (κ2) is 5.95. The average molecular weight is 341 g/mol. The molecule has 4 rings (SSSR count). The molecule has 0 bridgehead atoms. The van der Waals surface area contributed by atoms with Gasteiger partial charge in [-0.25, -0.2) is 4.98 Å². The fourth-order valence-electron chi connectivity index (χ4n) is 3.82. The van der Waals surface area contributed by atoms with Gasteiger partial charge in [0.25, 0.3) is 0 Å².